The quantitative estimate of drug-likeness (QED) is 0.272. The third-order valence-corrected chi connectivity index (χ3v) is 7.96. The van der Waals surface area contributed by atoms with Gasteiger partial charge in [-0.3, -0.25) is 0 Å². The highest BCUT2D eigenvalue weighted by Crippen LogP contribution is 2.36. The molecule has 0 amide bonds. The number of aryl methyl sites for hydroxylation is 2. The summed E-state index contributed by atoms with van der Waals surface area (Å²) in [4.78, 5) is 10.1. The molecule has 5 rings (SSSR count). The minimum absolute atomic E-state index is 0. The molecular weight excluding hydrogens is 543 g/mol. The first-order valence-corrected chi connectivity index (χ1v) is 12.7. The van der Waals surface area contributed by atoms with E-state index in [1.54, 1.807) is 0 Å². The van der Waals surface area contributed by atoms with Crippen molar-refractivity contribution in [2.45, 2.75) is 39.5 Å². The lowest BCUT2D eigenvalue weighted by molar-refractivity contribution is -0.00000739. The number of rotatable bonds is 4. The summed E-state index contributed by atoms with van der Waals surface area (Å²) in [6.45, 7) is 9.85. The number of nitrogens with zero attached hydrogens (tertiary/aromatic N) is 4. The van der Waals surface area contributed by atoms with Gasteiger partial charge in [-0.25, -0.2) is 4.98 Å². The number of morpholine rings is 1. The van der Waals surface area contributed by atoms with Gasteiger partial charge >= 0.3 is 0 Å². The first-order valence-electron chi connectivity index (χ1n) is 11.9. The van der Waals surface area contributed by atoms with Gasteiger partial charge in [0.15, 0.2) is 0 Å². The van der Waals surface area contributed by atoms with E-state index in [9.17, 15) is 5.26 Å². The third kappa shape index (κ3) is 4.89. The molecule has 33 heavy (non-hydrogen) atoms. The molecule has 0 aliphatic carbocycles. The van der Waals surface area contributed by atoms with Gasteiger partial charge in [-0.2, -0.15) is 5.26 Å². The Balaban J connectivity index is 0.00000259. The number of benzene rings is 2. The molecule has 1 aromatic heterocycles. The maximum atomic E-state index is 9.25. The van der Waals surface area contributed by atoms with Gasteiger partial charge in [0, 0.05) is 55.6 Å². The highest BCUT2D eigenvalue weighted by molar-refractivity contribution is 7.24. The molecule has 0 atom stereocenters. The first-order chi connectivity index (χ1) is 15.7. The number of hydrogen-bond acceptors (Lipinski definition) is 5. The molecule has 0 saturated carbocycles. The van der Waals surface area contributed by atoms with Gasteiger partial charge in [-0.15, -0.1) is 0 Å². The summed E-state index contributed by atoms with van der Waals surface area (Å²) in [7, 11) is 0. The van der Waals surface area contributed by atoms with Gasteiger partial charge in [-0.05, 0) is 48.9 Å². The Morgan fingerprint density at radius 2 is 1.42 bits per heavy atom. The summed E-state index contributed by atoms with van der Waals surface area (Å²) in [5, 5.41) is 9.25. The van der Waals surface area contributed by atoms with Crippen molar-refractivity contribution in [3.05, 3.63) is 35.4 Å². The predicted molar refractivity (Wildman–Crippen MR) is 134 cm³/mol. The third-order valence-electron chi connectivity index (χ3n) is 6.90. The van der Waals surface area contributed by atoms with E-state index in [0.717, 1.165) is 76.1 Å². The van der Waals surface area contributed by atoms with Crippen LogP contribution in [0.15, 0.2) is 24.3 Å². The number of anilines is 2. The maximum Gasteiger partial charge on any atom is 0.259 e. The summed E-state index contributed by atoms with van der Waals surface area (Å²) in [5.74, 6) is 0.205. The van der Waals surface area contributed by atoms with Crippen molar-refractivity contribution in [1.82, 2.24) is 4.98 Å². The number of ether oxygens (including phenoxy) is 1. The fraction of sp³-hybridized carbons (Fsp3) is 0.500. The number of hydrogen-bond donors (Lipinski definition) is 0. The Morgan fingerprint density at radius 3 is 1.91 bits per heavy atom. The standard InChI is InChI=1S/C26H31N4OS.HI/c1-3-19-13-21(29-7-5-18(17-27)6-8-29)15-23-25(19)28-26-20(4-2)14-22(16-24(26)32-23)30-9-11-31-12-10-30;/h13-16,18H,3-12H2,1-2H3;1H/q+1;/p-1. The molecule has 0 radical (unpaired) electrons. The van der Waals surface area contributed by atoms with Crippen LogP contribution in [0.3, 0.4) is 0 Å². The largest absolute Gasteiger partial charge is 1.00 e. The van der Waals surface area contributed by atoms with Crippen molar-refractivity contribution in [3.8, 4) is 6.07 Å². The molecule has 0 bridgehead atoms. The van der Waals surface area contributed by atoms with Crippen LogP contribution in [0.1, 0.15) is 37.8 Å². The summed E-state index contributed by atoms with van der Waals surface area (Å²) < 4.78 is 8.08. The Morgan fingerprint density at radius 1 is 0.909 bits per heavy atom. The lowest BCUT2D eigenvalue weighted by Crippen LogP contribution is -3.00. The van der Waals surface area contributed by atoms with Gasteiger partial charge < -0.3 is 38.5 Å². The maximum absolute atomic E-state index is 9.25. The lowest BCUT2D eigenvalue weighted by atomic mass is 9.98. The normalized spacial score (nSPS) is 17.2. The molecule has 3 aromatic rings. The van der Waals surface area contributed by atoms with Crippen molar-refractivity contribution in [2.75, 3.05) is 49.2 Å². The van der Waals surface area contributed by atoms with Crippen molar-refractivity contribution < 1.29 is 28.7 Å². The van der Waals surface area contributed by atoms with E-state index >= 15 is 0 Å². The van der Waals surface area contributed by atoms with Gasteiger partial charge in [0.05, 0.1) is 19.3 Å². The average Bonchev–Trinajstić information content (AvgIpc) is 2.86. The van der Waals surface area contributed by atoms with Gasteiger partial charge in [0.1, 0.15) is 11.0 Å². The second kappa shape index (κ2) is 10.7. The number of nitriles is 1. The SMILES string of the molecule is CCc1cc(N2CCOCC2)cc2[s+]c3cc(N4CCC(C#N)CC4)cc(CC)c3nc12.[I-]. The molecule has 2 aromatic carbocycles. The predicted octanol–water partition coefficient (Wildman–Crippen LogP) is 2.44. The van der Waals surface area contributed by atoms with Crippen LogP contribution in [-0.4, -0.2) is 44.4 Å². The van der Waals surface area contributed by atoms with E-state index in [4.69, 9.17) is 9.72 Å². The van der Waals surface area contributed by atoms with Crippen LogP contribution in [0.25, 0.3) is 20.4 Å². The van der Waals surface area contributed by atoms with Crippen molar-refractivity contribution >= 4 is 43.1 Å². The smallest absolute Gasteiger partial charge is 0.259 e. The van der Waals surface area contributed by atoms with E-state index in [1.165, 1.54) is 31.9 Å². The monoisotopic (exact) mass is 574 g/mol. The number of aromatic nitrogens is 1. The second-order valence-electron chi connectivity index (χ2n) is 8.81. The van der Waals surface area contributed by atoms with Crippen LogP contribution < -0.4 is 33.8 Å². The Hall–Kier alpha value is -1.76. The fourth-order valence-electron chi connectivity index (χ4n) is 4.93. The minimum atomic E-state index is 0. The molecule has 2 aliphatic heterocycles. The van der Waals surface area contributed by atoms with Crippen LogP contribution >= 0.6 is 11.3 Å². The second-order valence-corrected chi connectivity index (χ2v) is 9.90. The molecule has 0 unspecified atom stereocenters. The number of halogens is 1. The molecule has 3 heterocycles. The Bertz CT molecular complexity index is 1180. The van der Waals surface area contributed by atoms with E-state index in [1.807, 2.05) is 11.3 Å². The molecular formula is C26H31IN4OS. The summed E-state index contributed by atoms with van der Waals surface area (Å²) in [5.41, 5.74) is 7.52. The van der Waals surface area contributed by atoms with E-state index < -0.39 is 0 Å². The van der Waals surface area contributed by atoms with Crippen molar-refractivity contribution in [3.63, 3.8) is 0 Å². The van der Waals surface area contributed by atoms with Crippen LogP contribution in [0, 0.1) is 17.2 Å². The van der Waals surface area contributed by atoms with Gasteiger partial charge in [0.2, 0.25) is 11.3 Å². The average molecular weight is 575 g/mol. The molecule has 2 aliphatic rings. The topological polar surface area (TPSA) is 52.4 Å². The van der Waals surface area contributed by atoms with Gasteiger partial charge in [0.25, 0.3) is 9.40 Å². The lowest BCUT2D eigenvalue weighted by Gasteiger charge is -2.31. The number of fused-ring (bicyclic) bond motifs is 2. The number of piperidine rings is 1. The summed E-state index contributed by atoms with van der Waals surface area (Å²) >= 11 is 1.87. The molecule has 174 valence electrons. The molecule has 0 spiro atoms. The van der Waals surface area contributed by atoms with E-state index in [-0.39, 0.29) is 29.9 Å². The van der Waals surface area contributed by atoms with Crippen LogP contribution in [0.4, 0.5) is 11.4 Å². The molecule has 7 heteroatoms. The van der Waals surface area contributed by atoms with E-state index in [2.05, 4.69) is 54.0 Å². The highest BCUT2D eigenvalue weighted by atomic mass is 127. The zero-order valence-corrected chi connectivity index (χ0v) is 22.4. The Kier molecular flexibility index (Phi) is 7.87. The Labute approximate surface area is 217 Å². The first kappa shape index (κ1) is 24.4. The zero-order valence-electron chi connectivity index (χ0n) is 19.4. The van der Waals surface area contributed by atoms with Crippen LogP contribution in [-0.2, 0) is 17.6 Å². The molecule has 0 N–H and O–H groups in total. The van der Waals surface area contributed by atoms with Gasteiger partial charge in [-0.1, -0.05) is 13.8 Å². The van der Waals surface area contributed by atoms with Crippen molar-refractivity contribution in [2.24, 2.45) is 5.92 Å². The van der Waals surface area contributed by atoms with Crippen LogP contribution in [0.2, 0.25) is 0 Å². The molecule has 2 fully saturated rings. The van der Waals surface area contributed by atoms with Crippen LogP contribution in [0.5, 0.6) is 0 Å². The van der Waals surface area contributed by atoms with Crippen molar-refractivity contribution in [1.29, 1.82) is 5.26 Å². The highest BCUT2D eigenvalue weighted by Gasteiger charge is 2.24. The summed E-state index contributed by atoms with van der Waals surface area (Å²) in [6.07, 6.45) is 3.86. The minimum Gasteiger partial charge on any atom is -1.00 e. The molecule has 2 saturated heterocycles. The summed E-state index contributed by atoms with van der Waals surface area (Å²) in [6, 6.07) is 11.8. The molecule has 5 nitrogen and oxygen atoms in total. The zero-order chi connectivity index (χ0) is 22.1. The fourth-order valence-corrected chi connectivity index (χ4v) is 6.07. The van der Waals surface area contributed by atoms with E-state index in [0.29, 0.717) is 0 Å².